The van der Waals surface area contributed by atoms with E-state index in [2.05, 4.69) is 10.4 Å². The van der Waals surface area contributed by atoms with Gasteiger partial charge in [0.2, 0.25) is 0 Å². The highest BCUT2D eigenvalue weighted by atomic mass is 19.4. The van der Waals surface area contributed by atoms with Crippen LogP contribution in [0.1, 0.15) is 18.2 Å². The molecule has 0 aromatic carbocycles. The summed E-state index contributed by atoms with van der Waals surface area (Å²) in [5, 5.41) is 6.60. The maximum absolute atomic E-state index is 12.8. The lowest BCUT2D eigenvalue weighted by Gasteiger charge is -2.11. The molecular weight excluding hydrogens is 235 g/mol. The molecule has 0 aliphatic heterocycles. The molecule has 0 saturated carbocycles. The number of aromatic nitrogens is 2. The summed E-state index contributed by atoms with van der Waals surface area (Å²) in [5.74, 6) is 0. The number of halogens is 3. The maximum Gasteiger partial charge on any atom is 0.433 e. The number of alkyl halides is 3. The van der Waals surface area contributed by atoms with Crippen molar-refractivity contribution in [3.8, 4) is 0 Å². The maximum atomic E-state index is 12.8. The summed E-state index contributed by atoms with van der Waals surface area (Å²) in [5.41, 5.74) is -0.514. The molecule has 0 fully saturated rings. The van der Waals surface area contributed by atoms with Gasteiger partial charge in [0, 0.05) is 32.3 Å². The molecule has 0 unspecified atom stereocenters. The molecule has 98 valence electrons. The molecule has 1 rings (SSSR count). The zero-order chi connectivity index (χ0) is 12.9. The van der Waals surface area contributed by atoms with Crippen LogP contribution >= 0.6 is 0 Å². The Morgan fingerprint density at radius 3 is 2.71 bits per heavy atom. The molecule has 0 bridgehead atoms. The van der Waals surface area contributed by atoms with Crippen LogP contribution in [0.25, 0.3) is 0 Å². The summed E-state index contributed by atoms with van der Waals surface area (Å²) in [6.07, 6.45) is -3.11. The van der Waals surface area contributed by atoms with Gasteiger partial charge in [-0.25, -0.2) is 0 Å². The Balaban J connectivity index is 2.75. The van der Waals surface area contributed by atoms with E-state index in [-0.39, 0.29) is 18.7 Å². The van der Waals surface area contributed by atoms with E-state index in [0.29, 0.717) is 13.2 Å². The Labute approximate surface area is 97.8 Å². The lowest BCUT2D eigenvalue weighted by atomic mass is 10.2. The number of aryl methyl sites for hydroxylation is 1. The number of ether oxygens (including phenoxy) is 1. The fraction of sp³-hybridized carbons (Fsp3) is 0.700. The second-order valence-electron chi connectivity index (χ2n) is 3.50. The Hall–Kier alpha value is -1.08. The van der Waals surface area contributed by atoms with Crippen LogP contribution in [0.4, 0.5) is 13.2 Å². The molecule has 7 heteroatoms. The summed E-state index contributed by atoms with van der Waals surface area (Å²) < 4.78 is 44.1. The molecule has 0 aliphatic rings. The number of nitrogens with zero attached hydrogens (tertiary/aromatic N) is 2. The SMILES string of the molecule is CCn1ncc(CNCCOC)c1C(F)(F)F. The average molecular weight is 251 g/mol. The van der Waals surface area contributed by atoms with Gasteiger partial charge in [-0.1, -0.05) is 0 Å². The van der Waals surface area contributed by atoms with Gasteiger partial charge < -0.3 is 10.1 Å². The average Bonchev–Trinajstić information content (AvgIpc) is 2.67. The first-order chi connectivity index (χ1) is 8.00. The topological polar surface area (TPSA) is 39.1 Å². The molecule has 1 N–H and O–H groups in total. The normalized spacial score (nSPS) is 12.1. The molecule has 1 heterocycles. The second-order valence-corrected chi connectivity index (χ2v) is 3.50. The Kier molecular flexibility index (Phi) is 4.95. The van der Waals surface area contributed by atoms with Gasteiger partial charge in [-0.2, -0.15) is 18.3 Å². The molecule has 0 spiro atoms. The summed E-state index contributed by atoms with van der Waals surface area (Å²) >= 11 is 0. The molecule has 0 amide bonds. The van der Waals surface area contributed by atoms with Gasteiger partial charge in [0.1, 0.15) is 5.69 Å². The quantitative estimate of drug-likeness (QED) is 0.781. The van der Waals surface area contributed by atoms with Gasteiger partial charge in [-0.15, -0.1) is 0 Å². The van der Waals surface area contributed by atoms with E-state index in [1.54, 1.807) is 6.92 Å². The predicted octanol–water partition coefficient (Wildman–Crippen LogP) is 1.66. The summed E-state index contributed by atoms with van der Waals surface area (Å²) in [6, 6.07) is 0. The molecule has 0 atom stereocenters. The fourth-order valence-corrected chi connectivity index (χ4v) is 1.52. The molecule has 1 aromatic rings. The van der Waals surface area contributed by atoms with E-state index in [1.165, 1.54) is 13.3 Å². The third kappa shape index (κ3) is 3.71. The van der Waals surface area contributed by atoms with Crippen molar-refractivity contribution in [2.45, 2.75) is 26.2 Å². The molecule has 1 aromatic heterocycles. The number of hydrogen-bond acceptors (Lipinski definition) is 3. The first-order valence-corrected chi connectivity index (χ1v) is 5.32. The van der Waals surface area contributed by atoms with Crippen LogP contribution in [0.5, 0.6) is 0 Å². The van der Waals surface area contributed by atoms with Crippen molar-refractivity contribution >= 4 is 0 Å². The van der Waals surface area contributed by atoms with Gasteiger partial charge in [-0.05, 0) is 6.92 Å². The van der Waals surface area contributed by atoms with E-state index in [0.717, 1.165) is 4.68 Å². The standard InChI is InChI=1S/C10H16F3N3O/c1-3-16-9(10(11,12)13)8(7-15-16)6-14-4-5-17-2/h7,14H,3-6H2,1-2H3. The molecular formula is C10H16F3N3O. The van der Waals surface area contributed by atoms with Crippen LogP contribution in [0.15, 0.2) is 6.20 Å². The number of hydrogen-bond donors (Lipinski definition) is 1. The minimum Gasteiger partial charge on any atom is -0.383 e. The predicted molar refractivity (Wildman–Crippen MR) is 56.5 cm³/mol. The molecule has 4 nitrogen and oxygen atoms in total. The molecule has 0 aliphatic carbocycles. The number of methoxy groups -OCH3 is 1. The molecule has 0 saturated heterocycles. The van der Waals surface area contributed by atoms with Crippen LogP contribution in [0.3, 0.4) is 0 Å². The van der Waals surface area contributed by atoms with Gasteiger partial charge in [0.15, 0.2) is 0 Å². The van der Waals surface area contributed by atoms with Crippen molar-refractivity contribution in [3.05, 3.63) is 17.5 Å². The first kappa shape index (κ1) is 14.0. The van der Waals surface area contributed by atoms with Crippen molar-refractivity contribution < 1.29 is 17.9 Å². The van der Waals surface area contributed by atoms with Crippen molar-refractivity contribution in [2.75, 3.05) is 20.3 Å². The summed E-state index contributed by atoms with van der Waals surface area (Å²) in [7, 11) is 1.54. The van der Waals surface area contributed by atoms with Crippen molar-refractivity contribution in [3.63, 3.8) is 0 Å². The third-order valence-electron chi connectivity index (χ3n) is 2.28. The highest BCUT2D eigenvalue weighted by molar-refractivity contribution is 5.20. The van der Waals surface area contributed by atoms with E-state index >= 15 is 0 Å². The van der Waals surface area contributed by atoms with Crippen LogP contribution in [0.2, 0.25) is 0 Å². The van der Waals surface area contributed by atoms with Gasteiger partial charge in [0.05, 0.1) is 12.8 Å². The van der Waals surface area contributed by atoms with E-state index in [4.69, 9.17) is 4.74 Å². The van der Waals surface area contributed by atoms with Gasteiger partial charge in [0.25, 0.3) is 0 Å². The van der Waals surface area contributed by atoms with Crippen LogP contribution in [0, 0.1) is 0 Å². The Morgan fingerprint density at radius 2 is 2.18 bits per heavy atom. The first-order valence-electron chi connectivity index (χ1n) is 5.32. The Morgan fingerprint density at radius 1 is 1.47 bits per heavy atom. The van der Waals surface area contributed by atoms with Crippen molar-refractivity contribution in [2.24, 2.45) is 0 Å². The highest BCUT2D eigenvalue weighted by Crippen LogP contribution is 2.31. The van der Waals surface area contributed by atoms with Crippen LogP contribution in [-0.4, -0.2) is 30.0 Å². The minimum absolute atomic E-state index is 0.137. The smallest absolute Gasteiger partial charge is 0.383 e. The van der Waals surface area contributed by atoms with E-state index < -0.39 is 11.9 Å². The fourth-order valence-electron chi connectivity index (χ4n) is 1.52. The largest absolute Gasteiger partial charge is 0.433 e. The lowest BCUT2D eigenvalue weighted by molar-refractivity contribution is -0.144. The second kappa shape index (κ2) is 6.02. The van der Waals surface area contributed by atoms with Gasteiger partial charge >= 0.3 is 6.18 Å². The third-order valence-corrected chi connectivity index (χ3v) is 2.28. The lowest BCUT2D eigenvalue weighted by Crippen LogP contribution is -2.22. The van der Waals surface area contributed by atoms with E-state index in [1.807, 2.05) is 0 Å². The highest BCUT2D eigenvalue weighted by Gasteiger charge is 2.37. The minimum atomic E-state index is -4.37. The van der Waals surface area contributed by atoms with Crippen LogP contribution < -0.4 is 5.32 Å². The summed E-state index contributed by atoms with van der Waals surface area (Å²) in [4.78, 5) is 0. The van der Waals surface area contributed by atoms with Gasteiger partial charge in [-0.3, -0.25) is 4.68 Å². The monoisotopic (exact) mass is 251 g/mol. The zero-order valence-corrected chi connectivity index (χ0v) is 9.84. The zero-order valence-electron chi connectivity index (χ0n) is 9.84. The molecule has 0 radical (unpaired) electrons. The number of rotatable bonds is 6. The van der Waals surface area contributed by atoms with E-state index in [9.17, 15) is 13.2 Å². The van der Waals surface area contributed by atoms with Crippen LogP contribution in [-0.2, 0) is 24.0 Å². The Bertz CT molecular complexity index is 349. The summed E-state index contributed by atoms with van der Waals surface area (Å²) in [6.45, 7) is 2.93. The van der Waals surface area contributed by atoms with Crippen molar-refractivity contribution in [1.82, 2.24) is 15.1 Å². The number of nitrogens with one attached hydrogen (secondary N) is 1. The molecule has 17 heavy (non-hydrogen) atoms. The van der Waals surface area contributed by atoms with Crippen molar-refractivity contribution in [1.29, 1.82) is 0 Å².